The molecule has 0 N–H and O–H groups in total. The van der Waals surface area contributed by atoms with Crippen molar-refractivity contribution in [3.05, 3.63) is 43.3 Å². The van der Waals surface area contributed by atoms with Crippen LogP contribution in [0, 0.1) is 0 Å². The van der Waals surface area contributed by atoms with Crippen molar-refractivity contribution in [2.45, 2.75) is 13.5 Å². The number of thiazole rings is 1. The van der Waals surface area contributed by atoms with Gasteiger partial charge in [0.25, 0.3) is 5.56 Å². The van der Waals surface area contributed by atoms with Crippen LogP contribution in [0.5, 0.6) is 11.5 Å². The first-order chi connectivity index (χ1) is 17.0. The van der Waals surface area contributed by atoms with Crippen LogP contribution in [0.2, 0.25) is 0 Å². The second-order valence-corrected chi connectivity index (χ2v) is 8.57. The minimum absolute atomic E-state index is 0.196. The fraction of sp³-hybridized carbons (Fsp3) is 0.458. The molecule has 2 aromatic rings. The van der Waals surface area contributed by atoms with E-state index in [2.05, 4.69) is 0 Å². The van der Waals surface area contributed by atoms with E-state index in [1.807, 2.05) is 6.07 Å². The molecular formula is C24H30N2O8S. The Labute approximate surface area is 206 Å². The topological polar surface area (TPSA) is 106 Å². The van der Waals surface area contributed by atoms with Gasteiger partial charge in [0.1, 0.15) is 24.4 Å². The van der Waals surface area contributed by atoms with Crippen molar-refractivity contribution >= 4 is 35.4 Å². The summed E-state index contributed by atoms with van der Waals surface area (Å²) in [6, 6.07) is 5.38. The number of fused-ring (bicyclic) bond motifs is 1. The molecule has 11 heteroatoms. The summed E-state index contributed by atoms with van der Waals surface area (Å²) in [6.07, 6.45) is 2.93. The first kappa shape index (κ1) is 26.5. The van der Waals surface area contributed by atoms with Crippen LogP contribution in [-0.2, 0) is 30.3 Å². The average Bonchev–Trinajstić information content (AvgIpc) is 3.12. The molecule has 0 saturated carbocycles. The van der Waals surface area contributed by atoms with Gasteiger partial charge in [-0.1, -0.05) is 6.07 Å². The molecule has 0 aliphatic carbocycles. The molecule has 190 valence electrons. The second kappa shape index (κ2) is 13.1. The summed E-state index contributed by atoms with van der Waals surface area (Å²) in [5.41, 5.74) is 0.350. The van der Waals surface area contributed by atoms with Gasteiger partial charge in [-0.05, 0) is 30.7 Å². The van der Waals surface area contributed by atoms with Crippen LogP contribution in [0.1, 0.15) is 12.5 Å². The summed E-state index contributed by atoms with van der Waals surface area (Å²) in [7, 11) is 3.10. The van der Waals surface area contributed by atoms with Crippen molar-refractivity contribution in [2.24, 2.45) is 0 Å². The van der Waals surface area contributed by atoms with E-state index in [1.54, 1.807) is 44.3 Å². The molecule has 1 aliphatic rings. The van der Waals surface area contributed by atoms with E-state index in [0.29, 0.717) is 60.2 Å². The number of hydrogen-bond acceptors (Lipinski definition) is 9. The Morgan fingerprint density at radius 2 is 1.80 bits per heavy atom. The zero-order valence-corrected chi connectivity index (χ0v) is 20.9. The Morgan fingerprint density at radius 3 is 2.46 bits per heavy atom. The van der Waals surface area contributed by atoms with Gasteiger partial charge >= 0.3 is 5.97 Å². The van der Waals surface area contributed by atoms with Gasteiger partial charge in [0, 0.05) is 27.3 Å². The van der Waals surface area contributed by atoms with Gasteiger partial charge in [-0.25, -0.2) is 4.79 Å². The van der Waals surface area contributed by atoms with Crippen molar-refractivity contribution in [2.75, 3.05) is 60.3 Å². The lowest BCUT2D eigenvalue weighted by Crippen LogP contribution is -2.43. The predicted molar refractivity (Wildman–Crippen MR) is 130 cm³/mol. The number of nitrogens with zero attached hydrogens (tertiary/aromatic N) is 2. The normalized spacial score (nSPS) is 13.7. The lowest BCUT2D eigenvalue weighted by Gasteiger charge is -2.22. The molecule has 0 bridgehead atoms. The standard InChI is InChI=1S/C24H30N2O8S/c1-4-32-23(28)15-22-26(16-21(27)25(7-9-30-2)8-10-31-3)24(29)20(35-22)14-17-5-6-18-19(13-17)34-12-11-33-18/h5-6,13-15H,4,7-12,16H2,1-3H3/b20-14+,22-15-. The van der Waals surface area contributed by atoms with Crippen LogP contribution in [0.4, 0.5) is 0 Å². The average molecular weight is 507 g/mol. The van der Waals surface area contributed by atoms with E-state index in [0.717, 1.165) is 16.9 Å². The Hall–Kier alpha value is -3.15. The van der Waals surface area contributed by atoms with Gasteiger partial charge in [-0.15, -0.1) is 11.3 Å². The van der Waals surface area contributed by atoms with Crippen LogP contribution in [0.25, 0.3) is 12.2 Å². The van der Waals surface area contributed by atoms with E-state index in [1.165, 1.54) is 10.6 Å². The lowest BCUT2D eigenvalue weighted by atomic mass is 10.2. The maximum absolute atomic E-state index is 13.3. The molecule has 1 aliphatic heterocycles. The minimum atomic E-state index is -0.587. The summed E-state index contributed by atoms with van der Waals surface area (Å²) in [6.45, 7) is 3.99. The molecule has 10 nitrogen and oxygen atoms in total. The molecule has 3 rings (SSSR count). The van der Waals surface area contributed by atoms with Gasteiger partial charge in [-0.3, -0.25) is 14.2 Å². The number of benzene rings is 1. The van der Waals surface area contributed by atoms with Gasteiger partial charge in [0.2, 0.25) is 5.91 Å². The first-order valence-electron chi connectivity index (χ1n) is 11.2. The molecule has 35 heavy (non-hydrogen) atoms. The van der Waals surface area contributed by atoms with Crippen LogP contribution in [0.15, 0.2) is 23.0 Å². The summed E-state index contributed by atoms with van der Waals surface area (Å²) >= 11 is 1.11. The molecule has 0 saturated heterocycles. The van der Waals surface area contributed by atoms with Gasteiger partial charge in [0.05, 0.1) is 30.4 Å². The highest BCUT2D eigenvalue weighted by Gasteiger charge is 2.17. The summed E-state index contributed by atoms with van der Waals surface area (Å²) < 4.78 is 28.4. The Kier molecular flexibility index (Phi) is 9.88. The number of aromatic nitrogens is 1. The predicted octanol–water partition coefficient (Wildman–Crippen LogP) is -0.0252. The van der Waals surface area contributed by atoms with E-state index in [9.17, 15) is 14.4 Å². The highest BCUT2D eigenvalue weighted by molar-refractivity contribution is 7.07. The highest BCUT2D eigenvalue weighted by Crippen LogP contribution is 2.30. The largest absolute Gasteiger partial charge is 0.486 e. The fourth-order valence-electron chi connectivity index (χ4n) is 3.38. The fourth-order valence-corrected chi connectivity index (χ4v) is 4.41. The lowest BCUT2D eigenvalue weighted by molar-refractivity contribution is -0.136. The van der Waals surface area contributed by atoms with E-state index < -0.39 is 5.97 Å². The number of amides is 1. The second-order valence-electron chi connectivity index (χ2n) is 7.51. The number of esters is 1. The van der Waals surface area contributed by atoms with Crippen LogP contribution >= 0.6 is 11.3 Å². The first-order valence-corrected chi connectivity index (χ1v) is 12.0. The number of rotatable bonds is 11. The Balaban J connectivity index is 2.00. The molecule has 0 atom stereocenters. The van der Waals surface area contributed by atoms with E-state index >= 15 is 0 Å². The van der Waals surface area contributed by atoms with Crippen molar-refractivity contribution in [3.8, 4) is 11.5 Å². The van der Waals surface area contributed by atoms with Gasteiger partial charge in [0.15, 0.2) is 11.5 Å². The quantitative estimate of drug-likeness (QED) is 0.392. The smallest absolute Gasteiger partial charge is 0.333 e. The van der Waals surface area contributed by atoms with Gasteiger partial charge in [-0.2, -0.15) is 0 Å². The molecule has 2 heterocycles. The van der Waals surface area contributed by atoms with Crippen molar-refractivity contribution in [1.29, 1.82) is 0 Å². The highest BCUT2D eigenvalue weighted by atomic mass is 32.1. The zero-order valence-electron chi connectivity index (χ0n) is 20.1. The maximum Gasteiger partial charge on any atom is 0.333 e. The summed E-state index contributed by atoms with van der Waals surface area (Å²) in [4.78, 5) is 40.1. The Morgan fingerprint density at radius 1 is 1.11 bits per heavy atom. The molecule has 0 unspecified atom stereocenters. The minimum Gasteiger partial charge on any atom is -0.486 e. The SMILES string of the molecule is CCOC(=O)/C=c1\s/c(=C/c2ccc3c(c2)OCCO3)c(=O)n1CC(=O)N(CCOC)CCOC. The number of carbonyl (C=O) groups excluding carboxylic acids is 2. The third-order valence-corrected chi connectivity index (χ3v) is 6.16. The summed E-state index contributed by atoms with van der Waals surface area (Å²) in [5.74, 6) is 0.369. The molecular weight excluding hydrogens is 476 g/mol. The van der Waals surface area contributed by atoms with Crippen LogP contribution in [-0.4, -0.2) is 81.7 Å². The molecule has 0 fully saturated rings. The van der Waals surface area contributed by atoms with Crippen LogP contribution in [0.3, 0.4) is 0 Å². The van der Waals surface area contributed by atoms with Crippen LogP contribution < -0.4 is 24.2 Å². The third-order valence-electron chi connectivity index (χ3n) is 5.11. The van der Waals surface area contributed by atoms with Crippen molar-refractivity contribution in [3.63, 3.8) is 0 Å². The number of methoxy groups -OCH3 is 2. The molecule has 1 aromatic heterocycles. The van der Waals surface area contributed by atoms with E-state index in [4.69, 9.17) is 23.7 Å². The van der Waals surface area contributed by atoms with Gasteiger partial charge < -0.3 is 28.6 Å². The Bertz CT molecular complexity index is 1200. The number of ether oxygens (including phenoxy) is 5. The zero-order chi connectivity index (χ0) is 25.2. The molecule has 1 aromatic carbocycles. The van der Waals surface area contributed by atoms with Crippen molar-refractivity contribution in [1.82, 2.24) is 9.47 Å². The molecule has 0 spiro atoms. The molecule has 0 radical (unpaired) electrons. The van der Waals surface area contributed by atoms with Crippen molar-refractivity contribution < 1.29 is 33.3 Å². The monoisotopic (exact) mass is 506 g/mol. The maximum atomic E-state index is 13.3. The number of carbonyl (C=O) groups is 2. The molecule has 1 amide bonds. The number of hydrogen-bond donors (Lipinski definition) is 0. The third kappa shape index (κ3) is 7.17. The summed E-state index contributed by atoms with van der Waals surface area (Å²) in [5, 5.41) is 0. The van der Waals surface area contributed by atoms with E-state index in [-0.39, 0.29) is 24.6 Å².